The number of nitrogens with zero attached hydrogens (tertiary/aromatic N) is 2. The van der Waals surface area contributed by atoms with E-state index in [4.69, 9.17) is 0 Å². The molecule has 0 amide bonds. The number of aliphatic imine (C=N–C) groups is 1. The first-order valence-corrected chi connectivity index (χ1v) is 8.52. The normalized spacial score (nSPS) is 19.4. The molecule has 1 aromatic rings. The van der Waals surface area contributed by atoms with Gasteiger partial charge in [-0.15, -0.1) is 0 Å². The first kappa shape index (κ1) is 16.8. The third-order valence-electron chi connectivity index (χ3n) is 4.24. The van der Waals surface area contributed by atoms with Gasteiger partial charge in [-0.25, -0.2) is 0 Å². The maximum atomic E-state index is 4.32. The lowest BCUT2D eigenvalue weighted by atomic mass is 10.1. The average Bonchev–Trinajstić information content (AvgIpc) is 3.00. The summed E-state index contributed by atoms with van der Waals surface area (Å²) in [6, 6.07) is 10.6. The van der Waals surface area contributed by atoms with E-state index in [9.17, 15) is 0 Å². The Labute approximate surface area is 135 Å². The Morgan fingerprint density at radius 3 is 2.82 bits per heavy atom. The molecular weight excluding hydrogens is 272 g/mol. The van der Waals surface area contributed by atoms with Crippen molar-refractivity contribution in [1.29, 1.82) is 0 Å². The van der Waals surface area contributed by atoms with Gasteiger partial charge in [0.15, 0.2) is 5.96 Å². The van der Waals surface area contributed by atoms with E-state index in [1.54, 1.807) is 0 Å². The molecule has 2 N–H and O–H groups in total. The summed E-state index contributed by atoms with van der Waals surface area (Å²) in [5.41, 5.74) is 1.36. The minimum absolute atomic E-state index is 0.749. The number of rotatable bonds is 7. The first-order valence-electron chi connectivity index (χ1n) is 8.52. The molecule has 1 aliphatic heterocycles. The van der Waals surface area contributed by atoms with Crippen molar-refractivity contribution in [2.45, 2.75) is 26.2 Å². The largest absolute Gasteiger partial charge is 0.356 e. The quantitative estimate of drug-likeness (QED) is 0.599. The molecule has 122 valence electrons. The fourth-order valence-corrected chi connectivity index (χ4v) is 3.03. The van der Waals surface area contributed by atoms with Crippen LogP contribution in [0.2, 0.25) is 0 Å². The van der Waals surface area contributed by atoms with E-state index in [-0.39, 0.29) is 0 Å². The molecule has 4 nitrogen and oxygen atoms in total. The van der Waals surface area contributed by atoms with Crippen molar-refractivity contribution in [2.75, 3.05) is 39.8 Å². The summed E-state index contributed by atoms with van der Waals surface area (Å²) >= 11 is 0. The zero-order valence-corrected chi connectivity index (χ0v) is 14.0. The monoisotopic (exact) mass is 302 g/mol. The van der Waals surface area contributed by atoms with Gasteiger partial charge in [0.2, 0.25) is 0 Å². The van der Waals surface area contributed by atoms with E-state index in [1.165, 1.54) is 38.0 Å². The Hall–Kier alpha value is -1.55. The second-order valence-corrected chi connectivity index (χ2v) is 6.07. The molecule has 1 aliphatic rings. The molecule has 0 radical (unpaired) electrons. The third kappa shape index (κ3) is 5.68. The molecule has 0 saturated carbocycles. The summed E-state index contributed by atoms with van der Waals surface area (Å²) in [6.07, 6.45) is 3.58. The van der Waals surface area contributed by atoms with Crippen LogP contribution in [0.3, 0.4) is 0 Å². The topological polar surface area (TPSA) is 39.7 Å². The van der Waals surface area contributed by atoms with Crippen LogP contribution in [0.4, 0.5) is 0 Å². The summed E-state index contributed by atoms with van der Waals surface area (Å²) in [7, 11) is 1.84. The second-order valence-electron chi connectivity index (χ2n) is 6.07. The van der Waals surface area contributed by atoms with E-state index < -0.39 is 0 Å². The van der Waals surface area contributed by atoms with Gasteiger partial charge < -0.3 is 15.5 Å². The minimum Gasteiger partial charge on any atom is -0.356 e. The highest BCUT2D eigenvalue weighted by Gasteiger charge is 2.21. The highest BCUT2D eigenvalue weighted by Crippen LogP contribution is 2.15. The van der Waals surface area contributed by atoms with Gasteiger partial charge in [-0.1, -0.05) is 37.3 Å². The van der Waals surface area contributed by atoms with Crippen LogP contribution in [0.5, 0.6) is 0 Å². The van der Waals surface area contributed by atoms with Crippen LogP contribution in [0, 0.1) is 5.92 Å². The van der Waals surface area contributed by atoms with E-state index in [0.717, 1.165) is 31.4 Å². The van der Waals surface area contributed by atoms with Gasteiger partial charge in [-0.05, 0) is 43.8 Å². The SMILES string of the molecule is CCCN1CCC(CNC(=NC)NCCc2ccccc2)C1. The molecule has 0 bridgehead atoms. The lowest BCUT2D eigenvalue weighted by Crippen LogP contribution is -2.41. The summed E-state index contributed by atoms with van der Waals surface area (Å²) in [6.45, 7) is 7.90. The maximum Gasteiger partial charge on any atom is 0.190 e. The van der Waals surface area contributed by atoms with Crippen molar-refractivity contribution in [3.05, 3.63) is 35.9 Å². The van der Waals surface area contributed by atoms with Crippen molar-refractivity contribution < 1.29 is 0 Å². The number of guanidine groups is 1. The molecule has 0 spiro atoms. The molecule has 2 rings (SSSR count). The number of hydrogen-bond donors (Lipinski definition) is 2. The standard InChI is InChI=1S/C18H30N4/c1-3-12-22-13-10-17(15-22)14-21-18(19-2)20-11-9-16-7-5-4-6-8-16/h4-8,17H,3,9-15H2,1-2H3,(H2,19,20,21). The molecule has 1 atom stereocenters. The highest BCUT2D eigenvalue weighted by atomic mass is 15.2. The molecule has 0 aliphatic carbocycles. The van der Waals surface area contributed by atoms with Gasteiger partial charge in [0.1, 0.15) is 0 Å². The van der Waals surface area contributed by atoms with Gasteiger partial charge in [0.05, 0.1) is 0 Å². The Bertz CT molecular complexity index is 444. The van der Waals surface area contributed by atoms with E-state index in [1.807, 2.05) is 7.05 Å². The summed E-state index contributed by atoms with van der Waals surface area (Å²) in [5.74, 6) is 1.67. The van der Waals surface area contributed by atoms with Gasteiger partial charge in [-0.3, -0.25) is 4.99 Å². The first-order chi connectivity index (χ1) is 10.8. The van der Waals surface area contributed by atoms with E-state index >= 15 is 0 Å². The number of benzene rings is 1. The molecule has 1 heterocycles. The van der Waals surface area contributed by atoms with Crippen LogP contribution in [-0.2, 0) is 6.42 Å². The predicted octanol–water partition coefficient (Wildman–Crippen LogP) is 2.13. The fourth-order valence-electron chi connectivity index (χ4n) is 3.03. The van der Waals surface area contributed by atoms with Gasteiger partial charge in [0.25, 0.3) is 0 Å². The molecule has 22 heavy (non-hydrogen) atoms. The van der Waals surface area contributed by atoms with Crippen molar-refractivity contribution >= 4 is 5.96 Å². The molecule has 1 fully saturated rings. The lowest BCUT2D eigenvalue weighted by molar-refractivity contribution is 0.324. The van der Waals surface area contributed by atoms with Crippen LogP contribution in [0.25, 0.3) is 0 Å². The smallest absolute Gasteiger partial charge is 0.190 e. The van der Waals surface area contributed by atoms with Gasteiger partial charge in [0, 0.05) is 26.7 Å². The zero-order chi connectivity index (χ0) is 15.6. The molecule has 1 saturated heterocycles. The number of nitrogens with one attached hydrogen (secondary N) is 2. The summed E-state index contributed by atoms with van der Waals surface area (Å²) in [5, 5.41) is 6.88. The Morgan fingerprint density at radius 2 is 2.09 bits per heavy atom. The van der Waals surface area contributed by atoms with Gasteiger partial charge >= 0.3 is 0 Å². The van der Waals surface area contributed by atoms with Crippen LogP contribution in [0.15, 0.2) is 35.3 Å². The van der Waals surface area contributed by atoms with Crippen LogP contribution in [-0.4, -0.2) is 50.6 Å². The Morgan fingerprint density at radius 1 is 1.27 bits per heavy atom. The van der Waals surface area contributed by atoms with Crippen molar-refractivity contribution in [1.82, 2.24) is 15.5 Å². The maximum absolute atomic E-state index is 4.32. The van der Waals surface area contributed by atoms with Crippen LogP contribution in [0.1, 0.15) is 25.3 Å². The molecule has 1 aromatic carbocycles. The van der Waals surface area contributed by atoms with Crippen molar-refractivity contribution in [3.63, 3.8) is 0 Å². The van der Waals surface area contributed by atoms with Crippen molar-refractivity contribution in [3.8, 4) is 0 Å². The number of likely N-dealkylation sites (tertiary alicyclic amines) is 1. The Balaban J connectivity index is 1.63. The lowest BCUT2D eigenvalue weighted by Gasteiger charge is -2.17. The molecule has 4 heteroatoms. The van der Waals surface area contributed by atoms with Crippen molar-refractivity contribution in [2.24, 2.45) is 10.9 Å². The average molecular weight is 302 g/mol. The Kier molecular flexibility index (Phi) is 7.23. The molecule has 1 unspecified atom stereocenters. The van der Waals surface area contributed by atoms with E-state index in [0.29, 0.717) is 0 Å². The molecular formula is C18H30N4. The summed E-state index contributed by atoms with van der Waals surface area (Å²) < 4.78 is 0. The molecule has 0 aromatic heterocycles. The predicted molar refractivity (Wildman–Crippen MR) is 94.3 cm³/mol. The van der Waals surface area contributed by atoms with E-state index in [2.05, 4.69) is 57.8 Å². The summed E-state index contributed by atoms with van der Waals surface area (Å²) in [4.78, 5) is 6.88. The highest BCUT2D eigenvalue weighted by molar-refractivity contribution is 5.79. The third-order valence-corrected chi connectivity index (χ3v) is 4.24. The zero-order valence-electron chi connectivity index (χ0n) is 14.0. The van der Waals surface area contributed by atoms with Gasteiger partial charge in [-0.2, -0.15) is 0 Å². The van der Waals surface area contributed by atoms with Crippen LogP contribution < -0.4 is 10.6 Å². The van der Waals surface area contributed by atoms with Crippen LogP contribution >= 0.6 is 0 Å². The minimum atomic E-state index is 0.749. The fraction of sp³-hybridized carbons (Fsp3) is 0.611. The second kappa shape index (κ2) is 9.46. The number of hydrogen-bond acceptors (Lipinski definition) is 2.